The second-order valence-electron chi connectivity index (χ2n) is 6.87. The number of alkyl carbamates (subject to hydrolysis) is 1. The highest BCUT2D eigenvalue weighted by Crippen LogP contribution is 2.31. The van der Waals surface area contributed by atoms with Crippen LogP contribution in [0.1, 0.15) is 38.7 Å². The molecule has 2 amide bonds. The van der Waals surface area contributed by atoms with Gasteiger partial charge in [0.1, 0.15) is 23.0 Å². The Morgan fingerprint density at radius 3 is 2.40 bits per heavy atom. The molecule has 1 aromatic rings. The molecule has 1 fully saturated rings. The number of nitrogens with one attached hydrogen (secondary N) is 2. The molecular weight excluding hydrogens is 334 g/mol. The zero-order valence-corrected chi connectivity index (χ0v) is 14.6. The first-order chi connectivity index (χ1) is 11.6. The monoisotopic (exact) mass is 356 g/mol. The maximum Gasteiger partial charge on any atom is 0.407 e. The zero-order chi connectivity index (χ0) is 18.8. The summed E-state index contributed by atoms with van der Waals surface area (Å²) in [7, 11) is 1.31. The van der Waals surface area contributed by atoms with E-state index in [1.165, 1.54) is 7.11 Å². The first kappa shape index (κ1) is 19.0. The largest absolute Gasteiger partial charge is 0.497 e. The number of amides is 2. The van der Waals surface area contributed by atoms with Crippen molar-refractivity contribution in [1.82, 2.24) is 10.6 Å². The summed E-state index contributed by atoms with van der Waals surface area (Å²) in [4.78, 5) is 23.7. The number of hydrogen-bond donors (Lipinski definition) is 2. The van der Waals surface area contributed by atoms with Crippen molar-refractivity contribution < 1.29 is 27.8 Å². The number of ether oxygens (including phenoxy) is 2. The Bertz CT molecular complexity index is 650. The van der Waals surface area contributed by atoms with Gasteiger partial charge in [0.15, 0.2) is 0 Å². The highest BCUT2D eigenvalue weighted by Gasteiger charge is 2.36. The summed E-state index contributed by atoms with van der Waals surface area (Å²) >= 11 is 0. The lowest BCUT2D eigenvalue weighted by Crippen LogP contribution is -2.51. The number of benzene rings is 1. The Labute approximate surface area is 144 Å². The third-order valence-corrected chi connectivity index (χ3v) is 3.77. The summed E-state index contributed by atoms with van der Waals surface area (Å²) < 4.78 is 38.8. The zero-order valence-electron chi connectivity index (χ0n) is 14.6. The van der Waals surface area contributed by atoms with Crippen LogP contribution in [-0.4, -0.2) is 37.3 Å². The van der Waals surface area contributed by atoms with Crippen LogP contribution in [0.3, 0.4) is 0 Å². The molecule has 2 rings (SSSR count). The molecule has 1 saturated heterocycles. The normalized spacial score (nSPS) is 20.6. The predicted molar refractivity (Wildman–Crippen MR) is 86.4 cm³/mol. The third kappa shape index (κ3) is 4.80. The summed E-state index contributed by atoms with van der Waals surface area (Å²) in [6.45, 7) is 5.08. The van der Waals surface area contributed by atoms with Crippen LogP contribution in [0.15, 0.2) is 12.1 Å². The molecule has 1 aliphatic heterocycles. The lowest BCUT2D eigenvalue weighted by Gasteiger charge is -2.33. The lowest BCUT2D eigenvalue weighted by atomic mass is 9.86. The molecule has 138 valence electrons. The van der Waals surface area contributed by atoms with E-state index in [4.69, 9.17) is 9.47 Å². The smallest absolute Gasteiger partial charge is 0.407 e. The van der Waals surface area contributed by atoms with Crippen molar-refractivity contribution in [1.29, 1.82) is 0 Å². The third-order valence-electron chi connectivity index (χ3n) is 3.77. The van der Waals surface area contributed by atoms with E-state index in [1.807, 2.05) is 0 Å². The number of hydrogen-bond acceptors (Lipinski definition) is 4. The Morgan fingerprint density at radius 1 is 1.28 bits per heavy atom. The first-order valence-electron chi connectivity index (χ1n) is 7.90. The summed E-state index contributed by atoms with van der Waals surface area (Å²) in [5.74, 6) is -2.62. The minimum atomic E-state index is -0.797. The molecule has 8 heteroatoms. The van der Waals surface area contributed by atoms with Gasteiger partial charge >= 0.3 is 6.09 Å². The fourth-order valence-electron chi connectivity index (χ4n) is 2.73. The Kier molecular flexibility index (Phi) is 5.49. The molecule has 0 aromatic heterocycles. The molecule has 0 aliphatic carbocycles. The molecule has 25 heavy (non-hydrogen) atoms. The van der Waals surface area contributed by atoms with Crippen LogP contribution in [0.4, 0.5) is 13.6 Å². The average Bonchev–Trinajstić information content (AvgIpc) is 2.46. The SMILES string of the molecule is COc1cc(F)c(C2CNC(=O)CC2NC(=O)OC(C)(C)C)c(F)c1. The molecular formula is C17H22F2N2O4. The standard InChI is InChI=1S/C17H22F2N2O4/c1-17(2,3)25-16(23)21-13-7-14(22)20-8-10(13)15-11(18)5-9(24-4)6-12(15)19/h5-6,10,13H,7-8H2,1-4H3,(H,20,22)(H,21,23). The first-order valence-corrected chi connectivity index (χ1v) is 7.90. The van der Waals surface area contributed by atoms with E-state index in [0.717, 1.165) is 12.1 Å². The molecule has 0 saturated carbocycles. The van der Waals surface area contributed by atoms with Crippen LogP contribution in [0, 0.1) is 11.6 Å². The highest BCUT2D eigenvalue weighted by molar-refractivity contribution is 5.79. The van der Waals surface area contributed by atoms with Crippen molar-refractivity contribution in [2.45, 2.75) is 44.8 Å². The number of halogens is 2. The molecule has 1 aromatic carbocycles. The van der Waals surface area contributed by atoms with Crippen molar-refractivity contribution in [3.8, 4) is 5.75 Å². The Morgan fingerprint density at radius 2 is 1.88 bits per heavy atom. The van der Waals surface area contributed by atoms with Crippen molar-refractivity contribution >= 4 is 12.0 Å². The van der Waals surface area contributed by atoms with Gasteiger partial charge in [-0.2, -0.15) is 0 Å². The van der Waals surface area contributed by atoms with Gasteiger partial charge in [-0.05, 0) is 20.8 Å². The van der Waals surface area contributed by atoms with E-state index < -0.39 is 35.3 Å². The van der Waals surface area contributed by atoms with Gasteiger partial charge in [-0.25, -0.2) is 13.6 Å². The van der Waals surface area contributed by atoms with Gasteiger partial charge in [-0.1, -0.05) is 0 Å². The summed E-state index contributed by atoms with van der Waals surface area (Å²) in [6.07, 6.45) is -0.846. The van der Waals surface area contributed by atoms with Gasteiger partial charge in [-0.3, -0.25) is 4.79 Å². The minimum absolute atomic E-state index is 0.000529. The maximum absolute atomic E-state index is 14.4. The second-order valence-corrected chi connectivity index (χ2v) is 6.87. The van der Waals surface area contributed by atoms with Crippen molar-refractivity contribution in [2.24, 2.45) is 0 Å². The van der Waals surface area contributed by atoms with Crippen LogP contribution in [0.2, 0.25) is 0 Å². The van der Waals surface area contributed by atoms with E-state index in [-0.39, 0.29) is 30.2 Å². The second kappa shape index (κ2) is 7.25. The number of rotatable bonds is 3. The fourth-order valence-corrected chi connectivity index (χ4v) is 2.73. The van der Waals surface area contributed by atoms with Crippen LogP contribution in [0.25, 0.3) is 0 Å². The van der Waals surface area contributed by atoms with Gasteiger partial charge in [0.25, 0.3) is 0 Å². The van der Waals surface area contributed by atoms with Crippen molar-refractivity contribution in [3.63, 3.8) is 0 Å². The van der Waals surface area contributed by atoms with E-state index in [9.17, 15) is 18.4 Å². The van der Waals surface area contributed by atoms with Crippen LogP contribution in [0.5, 0.6) is 5.75 Å². The summed E-state index contributed by atoms with van der Waals surface area (Å²) in [6, 6.07) is 1.35. The molecule has 1 aliphatic rings. The molecule has 0 spiro atoms. The summed E-state index contributed by atoms with van der Waals surface area (Å²) in [5, 5.41) is 5.12. The highest BCUT2D eigenvalue weighted by atomic mass is 19.1. The van der Waals surface area contributed by atoms with Gasteiger partial charge in [0, 0.05) is 42.6 Å². The van der Waals surface area contributed by atoms with Gasteiger partial charge in [-0.15, -0.1) is 0 Å². The molecule has 0 bridgehead atoms. The number of methoxy groups -OCH3 is 1. The van der Waals surface area contributed by atoms with E-state index in [0.29, 0.717) is 0 Å². The number of piperidine rings is 1. The number of carbonyl (C=O) groups excluding carboxylic acids is 2. The van der Waals surface area contributed by atoms with Crippen molar-refractivity contribution in [3.05, 3.63) is 29.3 Å². The molecule has 6 nitrogen and oxygen atoms in total. The average molecular weight is 356 g/mol. The van der Waals surface area contributed by atoms with Gasteiger partial charge in [0.05, 0.1) is 7.11 Å². The topological polar surface area (TPSA) is 76.7 Å². The van der Waals surface area contributed by atoms with Crippen molar-refractivity contribution in [2.75, 3.05) is 13.7 Å². The van der Waals surface area contributed by atoms with E-state index >= 15 is 0 Å². The Hall–Kier alpha value is -2.38. The Balaban J connectivity index is 2.28. The molecule has 0 radical (unpaired) electrons. The maximum atomic E-state index is 14.4. The molecule has 2 N–H and O–H groups in total. The molecule has 2 atom stereocenters. The van der Waals surface area contributed by atoms with Gasteiger partial charge < -0.3 is 20.1 Å². The number of carbonyl (C=O) groups is 2. The van der Waals surface area contributed by atoms with E-state index in [1.54, 1.807) is 20.8 Å². The predicted octanol–water partition coefficient (Wildman–Crippen LogP) is 2.47. The molecule has 2 unspecified atom stereocenters. The van der Waals surface area contributed by atoms with Gasteiger partial charge in [0.2, 0.25) is 5.91 Å². The minimum Gasteiger partial charge on any atom is -0.497 e. The lowest BCUT2D eigenvalue weighted by molar-refractivity contribution is -0.123. The molecule has 1 heterocycles. The van der Waals surface area contributed by atoms with E-state index in [2.05, 4.69) is 10.6 Å². The van der Waals surface area contributed by atoms with Crippen LogP contribution in [-0.2, 0) is 9.53 Å². The van der Waals surface area contributed by atoms with Crippen LogP contribution >= 0.6 is 0 Å². The fraction of sp³-hybridized carbons (Fsp3) is 0.529. The quantitative estimate of drug-likeness (QED) is 0.872. The summed E-state index contributed by atoms with van der Waals surface area (Å²) in [5.41, 5.74) is -0.936. The van der Waals surface area contributed by atoms with Crippen LogP contribution < -0.4 is 15.4 Å².